The highest BCUT2D eigenvalue weighted by atomic mass is 32.2. The number of hydrogen-bond acceptors (Lipinski definition) is 3. The molecule has 1 unspecified atom stereocenters. The van der Waals surface area contributed by atoms with Gasteiger partial charge in [0, 0.05) is 6.42 Å². The lowest BCUT2D eigenvalue weighted by Crippen LogP contribution is -2.70. The fourth-order valence-electron chi connectivity index (χ4n) is 2.76. The standard InChI is InChI=1S/C9H6F14O3S.C8H20N/c10-3(1-2-4(11,12)13)5(14,15)6(16,17)7(18,19)8(20,21)9(22,23)27(24,25)26;1-5-9(6-2,7-3)8-4/h3H,1-2H2,(H,24,25,26);5-8H2,1-4H3/q;+1/p-1. The Balaban J connectivity index is 0. The zero-order valence-electron chi connectivity index (χ0n) is 19.2. The van der Waals surface area contributed by atoms with Crippen molar-refractivity contribution < 1.29 is 78.9 Å². The molecule has 0 saturated carbocycles. The largest absolute Gasteiger partial charge is 0.743 e. The first kappa shape index (κ1) is 37.0. The van der Waals surface area contributed by atoms with Crippen LogP contribution in [0.5, 0.6) is 0 Å². The summed E-state index contributed by atoms with van der Waals surface area (Å²) in [7, 11) is -7.83. The Morgan fingerprint density at radius 2 is 1.00 bits per heavy atom. The van der Waals surface area contributed by atoms with Gasteiger partial charge in [-0.05, 0) is 34.1 Å². The van der Waals surface area contributed by atoms with Crippen LogP contribution >= 0.6 is 0 Å². The van der Waals surface area contributed by atoms with Crippen LogP contribution in [0.1, 0.15) is 40.5 Å². The summed E-state index contributed by atoms with van der Waals surface area (Å²) in [6, 6.07) is 0. The minimum absolute atomic E-state index is 1.28. The first-order chi connectivity index (χ1) is 15.6. The lowest BCUT2D eigenvalue weighted by atomic mass is 9.93. The Bertz CT molecular complexity index is 777. The van der Waals surface area contributed by atoms with Crippen LogP contribution in [0.15, 0.2) is 0 Å². The second-order valence-electron chi connectivity index (χ2n) is 7.54. The van der Waals surface area contributed by atoms with Crippen molar-refractivity contribution in [2.75, 3.05) is 26.2 Å². The molecule has 36 heavy (non-hydrogen) atoms. The van der Waals surface area contributed by atoms with Gasteiger partial charge in [-0.15, -0.1) is 0 Å². The van der Waals surface area contributed by atoms with E-state index in [4.69, 9.17) is 0 Å². The van der Waals surface area contributed by atoms with Crippen molar-refractivity contribution in [2.45, 2.75) is 81.8 Å². The molecule has 0 heterocycles. The quantitative estimate of drug-likeness (QED) is 0.154. The van der Waals surface area contributed by atoms with E-state index in [1.54, 1.807) is 0 Å². The van der Waals surface area contributed by atoms with E-state index in [1.807, 2.05) is 0 Å². The summed E-state index contributed by atoms with van der Waals surface area (Å²) in [6.07, 6.45) is -15.7. The van der Waals surface area contributed by atoms with Crippen LogP contribution in [0.25, 0.3) is 0 Å². The van der Waals surface area contributed by atoms with Crippen molar-refractivity contribution in [1.29, 1.82) is 0 Å². The third-order valence-electron chi connectivity index (χ3n) is 5.64. The third-order valence-corrected chi connectivity index (χ3v) is 6.53. The molecule has 0 N–H and O–H groups in total. The van der Waals surface area contributed by atoms with Gasteiger partial charge in [-0.2, -0.15) is 57.1 Å². The van der Waals surface area contributed by atoms with Gasteiger partial charge in [0.15, 0.2) is 16.3 Å². The highest BCUT2D eigenvalue weighted by Crippen LogP contribution is 2.59. The lowest BCUT2D eigenvalue weighted by Gasteiger charge is -2.40. The average molecular weight is 589 g/mol. The predicted octanol–water partition coefficient (Wildman–Crippen LogP) is 6.23. The Labute approximate surface area is 198 Å². The summed E-state index contributed by atoms with van der Waals surface area (Å²) < 4.78 is 209. The number of hydrogen-bond donors (Lipinski definition) is 0. The summed E-state index contributed by atoms with van der Waals surface area (Å²) in [5.74, 6) is -31.0. The van der Waals surface area contributed by atoms with Gasteiger partial charge < -0.3 is 9.04 Å². The zero-order chi connectivity index (χ0) is 29.8. The van der Waals surface area contributed by atoms with Crippen LogP contribution in [0.3, 0.4) is 0 Å². The molecule has 0 rings (SSSR count). The maximum absolute atomic E-state index is 13.1. The number of rotatable bonds is 12. The van der Waals surface area contributed by atoms with E-state index in [2.05, 4.69) is 27.7 Å². The molecule has 0 aliphatic rings. The van der Waals surface area contributed by atoms with Crippen LogP contribution in [-0.4, -0.2) is 84.9 Å². The first-order valence-electron chi connectivity index (χ1n) is 10.0. The first-order valence-corrected chi connectivity index (χ1v) is 11.4. The van der Waals surface area contributed by atoms with Crippen molar-refractivity contribution in [3.05, 3.63) is 0 Å². The van der Waals surface area contributed by atoms with Gasteiger partial charge in [-0.3, -0.25) is 0 Å². The summed E-state index contributed by atoms with van der Waals surface area (Å²) >= 11 is 0. The van der Waals surface area contributed by atoms with Crippen molar-refractivity contribution >= 4 is 10.1 Å². The zero-order valence-corrected chi connectivity index (χ0v) is 20.0. The monoisotopic (exact) mass is 589 g/mol. The molecule has 220 valence electrons. The Morgan fingerprint density at radius 3 is 1.22 bits per heavy atom. The van der Waals surface area contributed by atoms with E-state index in [1.165, 1.54) is 30.7 Å². The molecule has 0 aromatic rings. The van der Waals surface area contributed by atoms with Gasteiger partial charge in [-0.1, -0.05) is 0 Å². The normalized spacial score (nSPS) is 15.9. The fourth-order valence-corrected chi connectivity index (χ4v) is 3.20. The molecule has 0 amide bonds. The van der Waals surface area contributed by atoms with Crippen LogP contribution in [-0.2, 0) is 10.1 Å². The van der Waals surface area contributed by atoms with Crippen LogP contribution in [0, 0.1) is 0 Å². The molecule has 0 aromatic heterocycles. The molecular weight excluding hydrogens is 564 g/mol. The van der Waals surface area contributed by atoms with E-state index in [0.717, 1.165) is 0 Å². The smallest absolute Gasteiger partial charge is 0.402 e. The van der Waals surface area contributed by atoms with Gasteiger partial charge in [-0.25, -0.2) is 12.8 Å². The molecule has 0 spiro atoms. The maximum atomic E-state index is 13.1. The average Bonchev–Trinajstić information content (AvgIpc) is 2.72. The van der Waals surface area contributed by atoms with Gasteiger partial charge >= 0.3 is 35.1 Å². The second kappa shape index (κ2) is 11.7. The highest BCUT2D eigenvalue weighted by molar-refractivity contribution is 7.86. The lowest BCUT2D eigenvalue weighted by molar-refractivity contribution is -0.921. The van der Waals surface area contributed by atoms with Gasteiger partial charge in [0.1, 0.15) is 0 Å². The molecule has 0 fully saturated rings. The Kier molecular flexibility index (Phi) is 12.1. The molecule has 0 aromatic carbocycles. The number of quaternary nitrogens is 1. The van der Waals surface area contributed by atoms with Gasteiger partial charge in [0.25, 0.3) is 0 Å². The summed E-state index contributed by atoms with van der Waals surface area (Å²) in [5, 5.41) is -7.57. The van der Waals surface area contributed by atoms with E-state index in [9.17, 15) is 74.4 Å². The minimum Gasteiger partial charge on any atom is -0.743 e. The topological polar surface area (TPSA) is 57.2 Å². The summed E-state index contributed by atoms with van der Waals surface area (Å²) in [4.78, 5) is 0. The highest BCUT2D eigenvalue weighted by Gasteiger charge is 2.88. The summed E-state index contributed by atoms with van der Waals surface area (Å²) in [6.45, 7) is 14.2. The van der Waals surface area contributed by atoms with Gasteiger partial charge in [0.05, 0.1) is 26.2 Å². The maximum Gasteiger partial charge on any atom is 0.402 e. The number of alkyl halides is 14. The van der Waals surface area contributed by atoms with Crippen molar-refractivity contribution in [2.24, 2.45) is 0 Å². The summed E-state index contributed by atoms with van der Waals surface area (Å²) in [5.41, 5.74) is 0. The number of halogens is 14. The van der Waals surface area contributed by atoms with Crippen molar-refractivity contribution in [3.8, 4) is 0 Å². The Morgan fingerprint density at radius 1 is 0.667 bits per heavy atom. The fraction of sp³-hybridized carbons (Fsp3) is 1.00. The molecule has 4 nitrogen and oxygen atoms in total. The minimum atomic E-state index is -8.09. The van der Waals surface area contributed by atoms with E-state index >= 15 is 0 Å². The molecular formula is C17H25F14NO3S. The molecule has 19 heteroatoms. The van der Waals surface area contributed by atoms with Crippen LogP contribution < -0.4 is 0 Å². The predicted molar refractivity (Wildman–Crippen MR) is 97.0 cm³/mol. The molecule has 0 radical (unpaired) electrons. The van der Waals surface area contributed by atoms with E-state index < -0.39 is 64.3 Å². The third kappa shape index (κ3) is 7.26. The van der Waals surface area contributed by atoms with Crippen molar-refractivity contribution in [3.63, 3.8) is 0 Å². The second-order valence-corrected chi connectivity index (χ2v) is 8.97. The van der Waals surface area contributed by atoms with E-state index in [-0.39, 0.29) is 0 Å². The molecule has 0 aliphatic heterocycles. The number of nitrogens with zero attached hydrogens (tertiary/aromatic N) is 1. The van der Waals surface area contributed by atoms with Crippen molar-refractivity contribution in [1.82, 2.24) is 0 Å². The van der Waals surface area contributed by atoms with Gasteiger partial charge in [0.2, 0.25) is 0 Å². The Hall–Kier alpha value is -1.11. The molecule has 0 aliphatic carbocycles. The molecule has 0 bridgehead atoms. The SMILES string of the molecule is CC[N+](CC)(CC)CC.O=S(=O)([O-])C(F)(F)C(F)(F)C(F)(F)C(F)(F)C(F)(F)C(F)CCC(F)(F)F. The van der Waals surface area contributed by atoms with E-state index in [0.29, 0.717) is 0 Å². The van der Waals surface area contributed by atoms with Crippen LogP contribution in [0.4, 0.5) is 61.5 Å². The molecule has 1 atom stereocenters. The molecule has 0 saturated heterocycles. The van der Waals surface area contributed by atoms with Crippen LogP contribution in [0.2, 0.25) is 0 Å².